The van der Waals surface area contributed by atoms with Crippen molar-refractivity contribution in [1.82, 2.24) is 16.0 Å². The summed E-state index contributed by atoms with van der Waals surface area (Å²) in [6.07, 6.45) is 4.82. The van der Waals surface area contributed by atoms with Gasteiger partial charge in [-0.25, -0.2) is 0 Å². The molecule has 0 aromatic carbocycles. The van der Waals surface area contributed by atoms with Gasteiger partial charge >= 0.3 is 0 Å². The van der Waals surface area contributed by atoms with Crippen LogP contribution in [-0.2, 0) is 14.4 Å². The van der Waals surface area contributed by atoms with E-state index in [1.165, 1.54) is 0 Å². The molecule has 0 bridgehead atoms. The zero-order valence-electron chi connectivity index (χ0n) is 18.9. The Balaban J connectivity index is 3.26. The molecule has 0 saturated carbocycles. The molecular formula is C22H37N3O3. The summed E-state index contributed by atoms with van der Waals surface area (Å²) in [6.45, 7) is 16.9. The van der Waals surface area contributed by atoms with Crippen molar-refractivity contribution >= 4 is 17.7 Å². The van der Waals surface area contributed by atoms with Gasteiger partial charge in [0.05, 0.1) is 6.04 Å². The van der Waals surface area contributed by atoms with Gasteiger partial charge < -0.3 is 16.0 Å². The molecule has 0 aromatic rings. The normalized spacial score (nSPS) is 19.2. The van der Waals surface area contributed by atoms with Gasteiger partial charge in [0.15, 0.2) is 0 Å². The maximum atomic E-state index is 12.6. The predicted molar refractivity (Wildman–Crippen MR) is 112 cm³/mol. The fraction of sp³-hybridized carbons (Fsp3) is 0.682. The third-order valence-corrected chi connectivity index (χ3v) is 4.78. The van der Waals surface area contributed by atoms with Gasteiger partial charge in [0.25, 0.3) is 0 Å². The van der Waals surface area contributed by atoms with Crippen LogP contribution in [0.5, 0.6) is 0 Å². The van der Waals surface area contributed by atoms with Crippen LogP contribution in [0, 0.1) is 16.2 Å². The van der Waals surface area contributed by atoms with Crippen molar-refractivity contribution < 1.29 is 14.4 Å². The van der Waals surface area contributed by atoms with Crippen molar-refractivity contribution in [3.05, 3.63) is 23.5 Å². The van der Waals surface area contributed by atoms with Crippen molar-refractivity contribution in [2.24, 2.45) is 16.2 Å². The predicted octanol–water partition coefficient (Wildman–Crippen LogP) is 3.40. The minimum atomic E-state index is -0.562. The highest BCUT2D eigenvalue weighted by Crippen LogP contribution is 2.35. The van der Waals surface area contributed by atoms with Gasteiger partial charge in [-0.1, -0.05) is 62.3 Å². The Morgan fingerprint density at radius 2 is 1.46 bits per heavy atom. The lowest BCUT2D eigenvalue weighted by molar-refractivity contribution is -0.128. The molecule has 6 nitrogen and oxygen atoms in total. The summed E-state index contributed by atoms with van der Waals surface area (Å²) in [5.41, 5.74) is -0.419. The van der Waals surface area contributed by atoms with E-state index in [1.54, 1.807) is 6.08 Å². The summed E-state index contributed by atoms with van der Waals surface area (Å²) in [4.78, 5) is 37.3. The largest absolute Gasteiger partial charge is 0.349 e. The van der Waals surface area contributed by atoms with Gasteiger partial charge in [0.2, 0.25) is 17.7 Å². The first-order valence-corrected chi connectivity index (χ1v) is 9.95. The van der Waals surface area contributed by atoms with E-state index in [0.717, 1.165) is 6.42 Å². The number of carbonyl (C=O) groups is 3. The molecule has 0 aliphatic heterocycles. The fourth-order valence-electron chi connectivity index (χ4n) is 2.54. The Labute approximate surface area is 169 Å². The molecule has 6 heteroatoms. The van der Waals surface area contributed by atoms with Crippen LogP contribution in [-0.4, -0.2) is 23.8 Å². The van der Waals surface area contributed by atoms with Crippen molar-refractivity contribution in [1.29, 1.82) is 0 Å². The number of carbonyl (C=O) groups excluding carboxylic acids is 3. The molecule has 0 spiro atoms. The van der Waals surface area contributed by atoms with E-state index in [-0.39, 0.29) is 23.8 Å². The molecule has 1 unspecified atom stereocenters. The number of rotatable bonds is 5. The summed E-state index contributed by atoms with van der Waals surface area (Å²) < 4.78 is 0. The average molecular weight is 392 g/mol. The summed E-state index contributed by atoms with van der Waals surface area (Å²) in [7, 11) is 0. The minimum absolute atomic E-state index is 0.0540. The Morgan fingerprint density at radius 3 is 1.93 bits per heavy atom. The van der Waals surface area contributed by atoms with Crippen LogP contribution in [0.25, 0.3) is 0 Å². The van der Waals surface area contributed by atoms with Gasteiger partial charge in [-0.2, -0.15) is 0 Å². The molecule has 0 fully saturated rings. The third kappa shape index (κ3) is 6.21. The second-order valence-electron chi connectivity index (χ2n) is 10.1. The summed E-state index contributed by atoms with van der Waals surface area (Å²) in [5, 5.41) is 8.96. The Kier molecular flexibility index (Phi) is 7.26. The molecule has 0 aromatic heterocycles. The summed E-state index contributed by atoms with van der Waals surface area (Å²) in [6, 6.07) is -0.359. The van der Waals surface area contributed by atoms with E-state index in [9.17, 15) is 14.4 Å². The molecule has 3 amide bonds. The van der Waals surface area contributed by atoms with Gasteiger partial charge in [0, 0.05) is 34.1 Å². The van der Waals surface area contributed by atoms with Crippen LogP contribution in [0.1, 0.15) is 75.2 Å². The average Bonchev–Trinajstić information content (AvgIpc) is 2.50. The highest BCUT2D eigenvalue weighted by molar-refractivity contribution is 5.85. The lowest BCUT2D eigenvalue weighted by Gasteiger charge is -2.39. The number of hydrogen-bond acceptors (Lipinski definition) is 3. The van der Waals surface area contributed by atoms with Crippen molar-refractivity contribution in [3.63, 3.8) is 0 Å². The molecule has 3 N–H and O–H groups in total. The standard InChI is InChI=1S/C22H37N3O3/c1-10-11-17(26)24-15-12-14(23-18(27)20(2,3)4)13-16(22(15,8)9)25-19(28)21(5,6)7/h12-13,15H,10-11H2,1-9H3,(H,23,27)(H,24,26)(H,25,28). The van der Waals surface area contributed by atoms with Crippen LogP contribution in [0.2, 0.25) is 0 Å². The zero-order valence-corrected chi connectivity index (χ0v) is 18.9. The first-order chi connectivity index (χ1) is 12.6. The number of hydrogen-bond donors (Lipinski definition) is 3. The maximum Gasteiger partial charge on any atom is 0.229 e. The smallest absolute Gasteiger partial charge is 0.229 e. The number of allylic oxidation sites excluding steroid dienone is 1. The molecule has 0 radical (unpaired) electrons. The molecule has 0 heterocycles. The van der Waals surface area contributed by atoms with Crippen molar-refractivity contribution in [2.75, 3.05) is 0 Å². The van der Waals surface area contributed by atoms with Gasteiger partial charge in [0.1, 0.15) is 0 Å². The van der Waals surface area contributed by atoms with E-state index >= 15 is 0 Å². The molecule has 1 aliphatic rings. The van der Waals surface area contributed by atoms with E-state index in [1.807, 2.05) is 68.4 Å². The monoisotopic (exact) mass is 391 g/mol. The quantitative estimate of drug-likeness (QED) is 0.671. The first kappa shape index (κ1) is 23.9. The molecule has 0 saturated heterocycles. The minimum Gasteiger partial charge on any atom is -0.349 e. The number of nitrogens with one attached hydrogen (secondary N) is 3. The second-order valence-corrected chi connectivity index (χ2v) is 10.1. The lowest BCUT2D eigenvalue weighted by atomic mass is 9.76. The molecule has 1 rings (SSSR count). The van der Waals surface area contributed by atoms with Gasteiger partial charge in [-0.05, 0) is 18.6 Å². The molecule has 1 atom stereocenters. The van der Waals surface area contributed by atoms with Crippen molar-refractivity contribution in [3.8, 4) is 0 Å². The maximum absolute atomic E-state index is 12.6. The highest BCUT2D eigenvalue weighted by atomic mass is 16.2. The van der Waals surface area contributed by atoms with Crippen molar-refractivity contribution in [2.45, 2.75) is 81.2 Å². The zero-order chi connectivity index (χ0) is 21.9. The van der Waals surface area contributed by atoms with Gasteiger partial charge in [-0.15, -0.1) is 0 Å². The van der Waals surface area contributed by atoms with E-state index < -0.39 is 16.2 Å². The van der Waals surface area contributed by atoms with Crippen LogP contribution >= 0.6 is 0 Å². The van der Waals surface area contributed by atoms with E-state index in [2.05, 4.69) is 16.0 Å². The molecule has 28 heavy (non-hydrogen) atoms. The summed E-state index contributed by atoms with van der Waals surface area (Å²) in [5.74, 6) is -0.301. The van der Waals surface area contributed by atoms with Crippen LogP contribution in [0.3, 0.4) is 0 Å². The van der Waals surface area contributed by atoms with Crippen LogP contribution in [0.15, 0.2) is 23.5 Å². The SMILES string of the molecule is CCCC(=O)NC1C=C(NC(=O)C(C)(C)C)C=C(NC(=O)C(C)(C)C)C1(C)C. The van der Waals surface area contributed by atoms with E-state index in [0.29, 0.717) is 17.8 Å². The summed E-state index contributed by atoms with van der Waals surface area (Å²) >= 11 is 0. The van der Waals surface area contributed by atoms with Gasteiger partial charge in [-0.3, -0.25) is 14.4 Å². The molecule has 1 aliphatic carbocycles. The van der Waals surface area contributed by atoms with Crippen LogP contribution < -0.4 is 16.0 Å². The van der Waals surface area contributed by atoms with E-state index in [4.69, 9.17) is 0 Å². The van der Waals surface area contributed by atoms with Crippen LogP contribution in [0.4, 0.5) is 0 Å². The Hall–Kier alpha value is -2.11. The second kappa shape index (κ2) is 8.50. The number of amides is 3. The molecule has 158 valence electrons. The molecular weight excluding hydrogens is 354 g/mol. The lowest BCUT2D eigenvalue weighted by Crippen LogP contribution is -2.51. The first-order valence-electron chi connectivity index (χ1n) is 9.95. The Bertz CT molecular complexity index is 689. The fourth-order valence-corrected chi connectivity index (χ4v) is 2.54. The highest BCUT2D eigenvalue weighted by Gasteiger charge is 2.38. The topological polar surface area (TPSA) is 87.3 Å². The Morgan fingerprint density at radius 1 is 0.964 bits per heavy atom. The third-order valence-electron chi connectivity index (χ3n) is 4.78.